The maximum Gasteiger partial charge on any atom is 0.163 e. The summed E-state index contributed by atoms with van der Waals surface area (Å²) >= 11 is 1.47. The topological polar surface area (TPSA) is 55.0 Å². The molecular formula is C21H15FN4S. The largest absolute Gasteiger partial charge is 0.383 e. The van der Waals surface area contributed by atoms with Gasteiger partial charge in [0, 0.05) is 23.9 Å². The molecule has 2 N–H and O–H groups in total. The third-order valence-corrected chi connectivity index (χ3v) is 5.33. The zero-order valence-electron chi connectivity index (χ0n) is 14.5. The van der Waals surface area contributed by atoms with Crippen LogP contribution in [0.25, 0.3) is 21.6 Å². The van der Waals surface area contributed by atoms with Crippen LogP contribution in [0.5, 0.6) is 0 Å². The van der Waals surface area contributed by atoms with Crippen molar-refractivity contribution in [1.29, 1.82) is 0 Å². The summed E-state index contributed by atoms with van der Waals surface area (Å²) in [6.45, 7) is 0. The van der Waals surface area contributed by atoms with Gasteiger partial charge in [-0.15, -0.1) is 6.42 Å². The molecule has 27 heavy (non-hydrogen) atoms. The van der Waals surface area contributed by atoms with Gasteiger partial charge in [0.15, 0.2) is 5.82 Å². The molecule has 0 atom stereocenters. The average molecular weight is 374 g/mol. The van der Waals surface area contributed by atoms with Gasteiger partial charge < -0.3 is 10.6 Å². The Morgan fingerprint density at radius 3 is 2.70 bits per heavy atom. The molecule has 0 spiro atoms. The van der Waals surface area contributed by atoms with E-state index in [1.54, 1.807) is 6.07 Å². The lowest BCUT2D eigenvalue weighted by Gasteiger charge is -2.16. The molecule has 4 rings (SSSR count). The first kappa shape index (κ1) is 17.0. The number of benzene rings is 2. The first-order valence-electron chi connectivity index (χ1n) is 8.18. The number of nitrogen functional groups attached to an aromatic ring is 1. The minimum absolute atomic E-state index is 0.282. The van der Waals surface area contributed by atoms with Gasteiger partial charge in [-0.1, -0.05) is 35.5 Å². The third-order valence-electron chi connectivity index (χ3n) is 4.22. The van der Waals surface area contributed by atoms with Gasteiger partial charge in [0.25, 0.3) is 0 Å². The quantitative estimate of drug-likeness (QED) is 0.522. The normalized spacial score (nSPS) is 10.7. The van der Waals surface area contributed by atoms with Crippen molar-refractivity contribution in [2.45, 2.75) is 0 Å². The van der Waals surface area contributed by atoms with E-state index in [1.807, 2.05) is 48.3 Å². The fourth-order valence-electron chi connectivity index (χ4n) is 2.79. The monoisotopic (exact) mass is 374 g/mol. The minimum Gasteiger partial charge on any atom is -0.383 e. The van der Waals surface area contributed by atoms with Crippen LogP contribution in [-0.2, 0) is 0 Å². The molecule has 132 valence electrons. The van der Waals surface area contributed by atoms with Crippen LogP contribution in [0.1, 0.15) is 5.56 Å². The summed E-state index contributed by atoms with van der Waals surface area (Å²) in [5.41, 5.74) is 8.49. The van der Waals surface area contributed by atoms with E-state index in [4.69, 9.17) is 12.2 Å². The summed E-state index contributed by atoms with van der Waals surface area (Å²) in [5, 5.41) is 1.67. The maximum absolute atomic E-state index is 13.5. The lowest BCUT2D eigenvalue weighted by atomic mass is 10.1. The third kappa shape index (κ3) is 3.21. The molecule has 0 radical (unpaired) electrons. The first-order valence-corrected chi connectivity index (χ1v) is 9.00. The number of rotatable bonds is 3. The number of hydrogen-bond acceptors (Lipinski definition) is 5. The van der Waals surface area contributed by atoms with Gasteiger partial charge in [0.1, 0.15) is 16.5 Å². The molecule has 0 bridgehead atoms. The lowest BCUT2D eigenvalue weighted by Crippen LogP contribution is -2.07. The van der Waals surface area contributed by atoms with Crippen LogP contribution >= 0.6 is 11.3 Å². The van der Waals surface area contributed by atoms with Crippen LogP contribution in [0.3, 0.4) is 0 Å². The van der Waals surface area contributed by atoms with Crippen molar-refractivity contribution in [2.24, 2.45) is 0 Å². The fourth-order valence-corrected chi connectivity index (χ4v) is 3.81. The molecule has 2 heterocycles. The van der Waals surface area contributed by atoms with Crippen molar-refractivity contribution in [2.75, 3.05) is 17.7 Å². The summed E-state index contributed by atoms with van der Waals surface area (Å²) < 4.78 is 13.5. The second kappa shape index (κ2) is 6.71. The van der Waals surface area contributed by atoms with Gasteiger partial charge in [0.05, 0.1) is 10.4 Å². The zero-order valence-corrected chi connectivity index (χ0v) is 15.3. The zero-order chi connectivity index (χ0) is 19.0. The maximum atomic E-state index is 13.5. The van der Waals surface area contributed by atoms with Crippen LogP contribution in [0.15, 0.2) is 54.6 Å². The second-order valence-electron chi connectivity index (χ2n) is 6.00. The van der Waals surface area contributed by atoms with Crippen molar-refractivity contribution in [3.8, 4) is 23.7 Å². The van der Waals surface area contributed by atoms with Gasteiger partial charge in [-0.3, -0.25) is 0 Å². The Morgan fingerprint density at radius 2 is 1.93 bits per heavy atom. The highest BCUT2D eigenvalue weighted by molar-refractivity contribution is 7.22. The van der Waals surface area contributed by atoms with Crippen molar-refractivity contribution < 1.29 is 4.39 Å². The second-order valence-corrected chi connectivity index (χ2v) is 7.01. The van der Waals surface area contributed by atoms with E-state index in [0.29, 0.717) is 11.6 Å². The number of halogens is 1. The molecule has 4 nitrogen and oxygen atoms in total. The van der Waals surface area contributed by atoms with E-state index < -0.39 is 0 Å². The summed E-state index contributed by atoms with van der Waals surface area (Å²) in [6, 6.07) is 15.8. The molecule has 0 unspecified atom stereocenters. The summed E-state index contributed by atoms with van der Waals surface area (Å²) in [7, 11) is 1.88. The average Bonchev–Trinajstić information content (AvgIpc) is 3.12. The Morgan fingerprint density at radius 1 is 1.11 bits per heavy atom. The molecule has 4 aromatic rings. The van der Waals surface area contributed by atoms with Crippen molar-refractivity contribution in [3.05, 3.63) is 66.0 Å². The summed E-state index contributed by atoms with van der Waals surface area (Å²) in [6.07, 6.45) is 5.47. The van der Waals surface area contributed by atoms with Gasteiger partial charge in [-0.05, 0) is 36.4 Å². The molecular weight excluding hydrogens is 359 g/mol. The predicted octanol–water partition coefficient (Wildman–Crippen LogP) is 4.83. The molecule has 2 aromatic heterocycles. The molecule has 0 aliphatic heterocycles. The van der Waals surface area contributed by atoms with Crippen LogP contribution in [-0.4, -0.2) is 17.0 Å². The van der Waals surface area contributed by atoms with E-state index in [1.165, 1.54) is 23.5 Å². The SMILES string of the molecule is C#Cc1cccc(-c2nc(N)c3cc(N(C)c4cccc(F)c4)sc3n2)c1. The van der Waals surface area contributed by atoms with Crippen LogP contribution < -0.4 is 10.6 Å². The standard InChI is InChI=1S/C21H15FN4S/c1-3-13-6-4-7-14(10-13)20-24-19(23)17-12-18(27-21(17)25-20)26(2)16-9-5-8-15(22)11-16/h1,4-12H,2H3,(H2,23,24,25). The molecule has 0 aliphatic rings. The molecule has 0 saturated carbocycles. The number of nitrogens with zero attached hydrogens (tertiary/aromatic N) is 3. The van der Waals surface area contributed by atoms with Gasteiger partial charge in [-0.25, -0.2) is 14.4 Å². The van der Waals surface area contributed by atoms with E-state index in [2.05, 4.69) is 15.9 Å². The molecule has 0 fully saturated rings. The molecule has 6 heteroatoms. The Hall–Kier alpha value is -3.43. The first-order chi connectivity index (χ1) is 13.0. The summed E-state index contributed by atoms with van der Waals surface area (Å²) in [5.74, 6) is 3.25. The van der Waals surface area contributed by atoms with Gasteiger partial charge in [-0.2, -0.15) is 0 Å². The van der Waals surface area contributed by atoms with Gasteiger partial charge in [0.2, 0.25) is 0 Å². The number of hydrogen-bond donors (Lipinski definition) is 1. The smallest absolute Gasteiger partial charge is 0.163 e. The number of fused-ring (bicyclic) bond motifs is 1. The molecule has 2 aromatic carbocycles. The van der Waals surface area contributed by atoms with Crippen LogP contribution in [0, 0.1) is 18.2 Å². The number of aromatic nitrogens is 2. The van der Waals surface area contributed by atoms with E-state index in [9.17, 15) is 4.39 Å². The fraction of sp³-hybridized carbons (Fsp3) is 0.0476. The predicted molar refractivity (Wildman–Crippen MR) is 110 cm³/mol. The molecule has 0 aliphatic carbocycles. The Labute approximate surface area is 160 Å². The van der Waals surface area contributed by atoms with E-state index in [-0.39, 0.29) is 5.82 Å². The van der Waals surface area contributed by atoms with E-state index >= 15 is 0 Å². The van der Waals surface area contributed by atoms with Crippen molar-refractivity contribution in [3.63, 3.8) is 0 Å². The highest BCUT2D eigenvalue weighted by Gasteiger charge is 2.14. The summed E-state index contributed by atoms with van der Waals surface area (Å²) in [4.78, 5) is 11.7. The number of terminal acetylenes is 1. The Kier molecular flexibility index (Phi) is 4.22. The highest BCUT2D eigenvalue weighted by Crippen LogP contribution is 2.37. The highest BCUT2D eigenvalue weighted by atomic mass is 32.1. The number of thiophene rings is 1. The van der Waals surface area contributed by atoms with Crippen LogP contribution in [0.4, 0.5) is 20.9 Å². The van der Waals surface area contributed by atoms with Gasteiger partial charge >= 0.3 is 0 Å². The van der Waals surface area contributed by atoms with E-state index in [0.717, 1.165) is 32.0 Å². The van der Waals surface area contributed by atoms with Crippen molar-refractivity contribution >= 4 is 38.1 Å². The van der Waals surface area contributed by atoms with Crippen molar-refractivity contribution in [1.82, 2.24) is 9.97 Å². The number of anilines is 3. The minimum atomic E-state index is -0.282. The Bertz CT molecular complexity index is 1190. The molecule has 0 amide bonds. The Balaban J connectivity index is 1.78. The molecule has 0 saturated heterocycles. The van der Waals surface area contributed by atoms with Crippen LogP contribution in [0.2, 0.25) is 0 Å². The number of nitrogens with two attached hydrogens (primary N) is 1. The lowest BCUT2D eigenvalue weighted by molar-refractivity contribution is 0.628.